The van der Waals surface area contributed by atoms with Gasteiger partial charge in [0.1, 0.15) is 0 Å². The predicted molar refractivity (Wildman–Crippen MR) is 133 cm³/mol. The fraction of sp³-hybridized carbons (Fsp3) is 0.143. The van der Waals surface area contributed by atoms with Gasteiger partial charge in [0.2, 0.25) is 0 Å². The molecule has 2 aromatic carbocycles. The monoisotopic (exact) mass is 448 g/mol. The molecular weight excluding hydrogens is 424 g/mol. The molecule has 0 aliphatic rings. The Morgan fingerprint density at radius 3 is 2.71 bits per heavy atom. The molecule has 0 spiro atoms. The molecule has 0 saturated carbocycles. The fourth-order valence-electron chi connectivity index (χ4n) is 4.02. The van der Waals surface area contributed by atoms with Gasteiger partial charge in [-0.3, -0.25) is 4.98 Å². The van der Waals surface area contributed by atoms with Crippen molar-refractivity contribution in [3.63, 3.8) is 0 Å². The highest BCUT2D eigenvalue weighted by Gasteiger charge is 2.16. The van der Waals surface area contributed by atoms with E-state index >= 15 is 0 Å². The van der Waals surface area contributed by atoms with Crippen LogP contribution in [-0.2, 0) is 0 Å². The predicted octanol–water partition coefficient (Wildman–Crippen LogP) is 5.94. The molecule has 3 heterocycles. The van der Waals surface area contributed by atoms with Crippen molar-refractivity contribution in [3.8, 4) is 11.1 Å². The minimum absolute atomic E-state index is 0.364. The van der Waals surface area contributed by atoms with E-state index in [1.807, 2.05) is 36.5 Å². The average Bonchev–Trinajstić information content (AvgIpc) is 3.27. The molecule has 0 amide bonds. The van der Waals surface area contributed by atoms with Crippen molar-refractivity contribution in [2.45, 2.75) is 26.7 Å². The number of aryl methyl sites for hydroxylation is 1. The number of hydrogen-bond acceptors (Lipinski definition) is 5. The highest BCUT2D eigenvalue weighted by atomic mass is 16.5. The van der Waals surface area contributed by atoms with Gasteiger partial charge in [-0.05, 0) is 65.9 Å². The van der Waals surface area contributed by atoms with Gasteiger partial charge in [0, 0.05) is 23.2 Å². The lowest BCUT2D eigenvalue weighted by Gasteiger charge is -2.13. The van der Waals surface area contributed by atoms with E-state index in [9.17, 15) is 5.21 Å². The third-order valence-electron chi connectivity index (χ3n) is 5.75. The van der Waals surface area contributed by atoms with Crippen molar-refractivity contribution in [3.05, 3.63) is 113 Å². The van der Waals surface area contributed by atoms with E-state index in [4.69, 9.17) is 4.52 Å². The second-order valence-electron chi connectivity index (χ2n) is 8.58. The topological polar surface area (TPSA) is 78.8 Å². The first kappa shape index (κ1) is 21.5. The number of rotatable bonds is 5. The third kappa shape index (κ3) is 4.30. The molecule has 3 aromatic heterocycles. The van der Waals surface area contributed by atoms with Crippen LogP contribution in [0.1, 0.15) is 48.2 Å². The van der Waals surface area contributed by atoms with E-state index in [0.717, 1.165) is 32.3 Å². The van der Waals surface area contributed by atoms with Crippen molar-refractivity contribution in [1.29, 1.82) is 0 Å². The molecule has 34 heavy (non-hydrogen) atoms. The molecule has 6 heteroatoms. The van der Waals surface area contributed by atoms with Crippen LogP contribution in [-0.4, -0.2) is 15.1 Å². The van der Waals surface area contributed by atoms with E-state index in [2.05, 4.69) is 59.3 Å². The third-order valence-corrected chi connectivity index (χ3v) is 5.75. The molecular formula is C28H24N4O2. The van der Waals surface area contributed by atoms with Crippen molar-refractivity contribution in [1.82, 2.24) is 15.1 Å². The largest absolute Gasteiger partial charge is 0.619 e. The molecule has 0 saturated heterocycles. The van der Waals surface area contributed by atoms with E-state index in [-0.39, 0.29) is 0 Å². The minimum atomic E-state index is 0.364. The summed E-state index contributed by atoms with van der Waals surface area (Å²) in [5.74, 6) is 1.29. The summed E-state index contributed by atoms with van der Waals surface area (Å²) in [6.07, 6.45) is 6.74. The maximum absolute atomic E-state index is 12.0. The zero-order valence-corrected chi connectivity index (χ0v) is 19.3. The molecule has 0 radical (unpaired) electrons. The van der Waals surface area contributed by atoms with Gasteiger partial charge in [-0.25, -0.2) is 0 Å². The normalized spacial score (nSPS) is 11.9. The summed E-state index contributed by atoms with van der Waals surface area (Å²) in [4.78, 5) is 9.07. The number of pyridine rings is 2. The smallest absolute Gasteiger partial charge is 0.258 e. The van der Waals surface area contributed by atoms with E-state index < -0.39 is 0 Å². The van der Waals surface area contributed by atoms with E-state index in [1.165, 1.54) is 18.0 Å². The summed E-state index contributed by atoms with van der Waals surface area (Å²) in [6, 6.07) is 20.3. The van der Waals surface area contributed by atoms with Gasteiger partial charge in [0.15, 0.2) is 18.2 Å². The van der Waals surface area contributed by atoms with Gasteiger partial charge < -0.3 is 9.73 Å². The number of aromatic nitrogens is 4. The lowest BCUT2D eigenvalue weighted by Crippen LogP contribution is -2.24. The number of nitrogens with zero attached hydrogens (tertiary/aromatic N) is 4. The lowest BCUT2D eigenvalue weighted by atomic mass is 9.93. The molecule has 6 nitrogen and oxygen atoms in total. The molecule has 5 rings (SSSR count). The van der Waals surface area contributed by atoms with Crippen LogP contribution in [0.3, 0.4) is 0 Å². The average molecular weight is 449 g/mol. The van der Waals surface area contributed by atoms with E-state index in [1.54, 1.807) is 13.0 Å². The maximum atomic E-state index is 12.0. The van der Waals surface area contributed by atoms with Gasteiger partial charge in [0.25, 0.3) is 5.89 Å². The van der Waals surface area contributed by atoms with Crippen LogP contribution in [0.15, 0.2) is 83.8 Å². The zero-order valence-electron chi connectivity index (χ0n) is 19.3. The van der Waals surface area contributed by atoms with Crippen molar-refractivity contribution >= 4 is 22.6 Å². The summed E-state index contributed by atoms with van der Waals surface area (Å²) in [5, 5.41) is 17.0. The van der Waals surface area contributed by atoms with Gasteiger partial charge in [-0.1, -0.05) is 43.3 Å². The van der Waals surface area contributed by atoms with Crippen LogP contribution in [0.4, 0.5) is 0 Å². The molecule has 0 fully saturated rings. The first-order valence-electron chi connectivity index (χ1n) is 11.2. The molecule has 0 atom stereocenters. The van der Waals surface area contributed by atoms with Crippen LogP contribution in [0.5, 0.6) is 0 Å². The minimum Gasteiger partial charge on any atom is -0.619 e. The molecule has 0 N–H and O–H groups in total. The Morgan fingerprint density at radius 1 is 1.06 bits per heavy atom. The van der Waals surface area contributed by atoms with Crippen LogP contribution >= 0.6 is 0 Å². The summed E-state index contributed by atoms with van der Waals surface area (Å²) in [6.45, 7) is 6.16. The Hall–Kier alpha value is -4.32. The molecule has 0 aliphatic carbocycles. The Bertz CT molecular complexity index is 1520. The first-order valence-corrected chi connectivity index (χ1v) is 11.2. The maximum Gasteiger partial charge on any atom is 0.258 e. The lowest BCUT2D eigenvalue weighted by molar-refractivity contribution is -0.605. The van der Waals surface area contributed by atoms with Crippen molar-refractivity contribution < 1.29 is 9.25 Å². The summed E-state index contributed by atoms with van der Waals surface area (Å²) >= 11 is 0. The van der Waals surface area contributed by atoms with Crippen molar-refractivity contribution in [2.24, 2.45) is 0 Å². The molecule has 0 aliphatic heterocycles. The Morgan fingerprint density at radius 2 is 1.94 bits per heavy atom. The van der Waals surface area contributed by atoms with Gasteiger partial charge in [0.05, 0.1) is 16.7 Å². The first-order chi connectivity index (χ1) is 16.5. The van der Waals surface area contributed by atoms with Crippen LogP contribution < -0.4 is 4.73 Å². The second kappa shape index (κ2) is 8.90. The van der Waals surface area contributed by atoms with Crippen LogP contribution in [0.2, 0.25) is 0 Å². The summed E-state index contributed by atoms with van der Waals surface area (Å²) < 4.78 is 6.22. The zero-order chi connectivity index (χ0) is 23.7. The highest BCUT2D eigenvalue weighted by molar-refractivity contribution is 5.95. The van der Waals surface area contributed by atoms with Gasteiger partial charge in [-0.2, -0.15) is 9.71 Å². The fourth-order valence-corrected chi connectivity index (χ4v) is 4.02. The van der Waals surface area contributed by atoms with Gasteiger partial charge in [-0.15, -0.1) is 0 Å². The number of hydrogen-bond donors (Lipinski definition) is 0. The highest BCUT2D eigenvalue weighted by Crippen LogP contribution is 2.33. The molecule has 0 bridgehead atoms. The SMILES string of the molecule is Cc1noc(/C(=C\c2cccc(-c3cc(C(C)C)cc4cccnc34)c2)c2ccc[n+]([O-])c2)n1. The molecule has 0 unspecified atom stereocenters. The van der Waals surface area contributed by atoms with E-state index in [0.29, 0.717) is 28.8 Å². The van der Waals surface area contributed by atoms with Crippen LogP contribution in [0.25, 0.3) is 33.7 Å². The quantitative estimate of drug-likeness (QED) is 0.246. The van der Waals surface area contributed by atoms with Gasteiger partial charge >= 0.3 is 0 Å². The Kier molecular flexibility index (Phi) is 5.64. The number of fused-ring (bicyclic) bond motifs is 1. The Balaban J connectivity index is 1.67. The second-order valence-corrected chi connectivity index (χ2v) is 8.58. The summed E-state index contributed by atoms with van der Waals surface area (Å²) in [5.41, 5.74) is 6.71. The summed E-state index contributed by atoms with van der Waals surface area (Å²) in [7, 11) is 0. The standard InChI is InChI=1S/C28H24N4O2/c1-18(2)24-15-22-9-5-11-29-27(22)25(16-24)21-8-4-7-20(13-21)14-26(28-30-19(3)31-34-28)23-10-6-12-32(33)17-23/h4-18H,1-3H3/b26-14-. The molecule has 168 valence electrons. The Labute approximate surface area is 197 Å². The van der Waals surface area contributed by atoms with Crippen LogP contribution in [0, 0.1) is 12.1 Å². The number of benzene rings is 2. The van der Waals surface area contributed by atoms with Crippen molar-refractivity contribution in [2.75, 3.05) is 0 Å². The molecule has 5 aromatic rings.